The lowest BCUT2D eigenvalue weighted by Crippen LogP contribution is -2.46. The molecular formula is C18H18FN3OS. The molecule has 1 unspecified atom stereocenters. The fraction of sp³-hybridized carbons (Fsp3) is 0.278. The lowest BCUT2D eigenvalue weighted by molar-refractivity contribution is 0.0969. The highest BCUT2D eigenvalue weighted by Gasteiger charge is 2.27. The van der Waals surface area contributed by atoms with Gasteiger partial charge in [0.25, 0.3) is 5.91 Å². The van der Waals surface area contributed by atoms with Crippen molar-refractivity contribution < 1.29 is 9.18 Å². The minimum Gasteiger partial charge on any atom is -0.340 e. The second-order valence-electron chi connectivity index (χ2n) is 5.73. The van der Waals surface area contributed by atoms with Crippen LogP contribution in [0.2, 0.25) is 0 Å². The number of rotatable bonds is 2. The van der Waals surface area contributed by atoms with E-state index in [2.05, 4.69) is 10.3 Å². The maximum atomic E-state index is 13.0. The summed E-state index contributed by atoms with van der Waals surface area (Å²) < 4.78 is 13.0. The van der Waals surface area contributed by atoms with E-state index >= 15 is 0 Å². The number of carbonyl (C=O) groups excluding carboxylic acids is 1. The third kappa shape index (κ3) is 3.76. The van der Waals surface area contributed by atoms with E-state index in [1.165, 1.54) is 24.3 Å². The van der Waals surface area contributed by atoms with Crippen LogP contribution in [0, 0.1) is 5.82 Å². The molecule has 0 bridgehead atoms. The Morgan fingerprint density at radius 3 is 2.71 bits per heavy atom. The first kappa shape index (κ1) is 16.5. The molecule has 1 amide bonds. The molecule has 3 rings (SSSR count). The van der Waals surface area contributed by atoms with E-state index in [-0.39, 0.29) is 17.8 Å². The maximum Gasteiger partial charge on any atom is 0.257 e. The highest BCUT2D eigenvalue weighted by atomic mass is 32.1. The van der Waals surface area contributed by atoms with E-state index in [0.29, 0.717) is 10.7 Å². The number of carbonyl (C=O) groups is 1. The van der Waals surface area contributed by atoms with Gasteiger partial charge in [0.05, 0.1) is 11.7 Å². The second-order valence-corrected chi connectivity index (χ2v) is 6.11. The first-order chi connectivity index (χ1) is 11.6. The molecule has 2 aromatic rings. The van der Waals surface area contributed by atoms with Gasteiger partial charge in [-0.1, -0.05) is 6.07 Å². The molecule has 1 saturated heterocycles. The molecule has 0 aliphatic carbocycles. The Bertz CT molecular complexity index is 721. The van der Waals surface area contributed by atoms with Crippen molar-refractivity contribution >= 4 is 23.2 Å². The Morgan fingerprint density at radius 2 is 2.00 bits per heavy atom. The van der Waals surface area contributed by atoms with Gasteiger partial charge in [-0.2, -0.15) is 0 Å². The molecule has 0 radical (unpaired) electrons. The molecule has 1 aliphatic rings. The SMILES string of the molecule is O=C(NC(=S)N1CCCCC1c1ccccn1)c1ccc(F)cc1. The summed E-state index contributed by atoms with van der Waals surface area (Å²) in [5.41, 5.74) is 1.33. The van der Waals surface area contributed by atoms with Crippen LogP contribution >= 0.6 is 12.2 Å². The van der Waals surface area contributed by atoms with Crippen molar-refractivity contribution in [2.24, 2.45) is 0 Å². The summed E-state index contributed by atoms with van der Waals surface area (Å²) in [7, 11) is 0. The number of hydrogen-bond donors (Lipinski definition) is 1. The Hall–Kier alpha value is -2.34. The van der Waals surface area contributed by atoms with E-state index in [4.69, 9.17) is 12.2 Å². The molecule has 4 nitrogen and oxygen atoms in total. The Kier molecular flexibility index (Phi) is 5.15. The minimum atomic E-state index is -0.375. The van der Waals surface area contributed by atoms with E-state index in [9.17, 15) is 9.18 Å². The number of pyridine rings is 1. The number of thiocarbonyl (C=S) groups is 1. The van der Waals surface area contributed by atoms with E-state index < -0.39 is 0 Å². The molecule has 1 aromatic carbocycles. The number of piperidine rings is 1. The maximum absolute atomic E-state index is 13.0. The van der Waals surface area contributed by atoms with Gasteiger partial charge in [-0.25, -0.2) is 4.39 Å². The summed E-state index contributed by atoms with van der Waals surface area (Å²) in [6.45, 7) is 0.782. The Labute approximate surface area is 145 Å². The molecule has 0 saturated carbocycles. The van der Waals surface area contributed by atoms with Crippen LogP contribution in [0.4, 0.5) is 4.39 Å². The van der Waals surface area contributed by atoms with Crippen LogP contribution in [-0.4, -0.2) is 27.4 Å². The summed E-state index contributed by atoms with van der Waals surface area (Å²) in [5.74, 6) is -0.703. The average Bonchev–Trinajstić information content (AvgIpc) is 2.63. The Balaban J connectivity index is 1.72. The molecule has 124 valence electrons. The molecule has 1 N–H and O–H groups in total. The monoisotopic (exact) mass is 343 g/mol. The van der Waals surface area contributed by atoms with Crippen LogP contribution in [0.3, 0.4) is 0 Å². The fourth-order valence-corrected chi connectivity index (χ4v) is 3.21. The predicted octanol–water partition coefficient (Wildman–Crippen LogP) is 3.46. The van der Waals surface area contributed by atoms with Crippen molar-refractivity contribution in [1.29, 1.82) is 0 Å². The van der Waals surface area contributed by atoms with Gasteiger partial charge in [-0.3, -0.25) is 15.1 Å². The zero-order chi connectivity index (χ0) is 16.9. The molecule has 1 aliphatic heterocycles. The number of nitrogens with one attached hydrogen (secondary N) is 1. The number of nitrogens with zero attached hydrogens (tertiary/aromatic N) is 2. The van der Waals surface area contributed by atoms with Crippen LogP contribution in [0.25, 0.3) is 0 Å². The van der Waals surface area contributed by atoms with Gasteiger partial charge >= 0.3 is 0 Å². The van der Waals surface area contributed by atoms with Crippen LogP contribution in [0.15, 0.2) is 48.7 Å². The molecule has 1 atom stereocenters. The lowest BCUT2D eigenvalue weighted by Gasteiger charge is -2.37. The standard InChI is InChI=1S/C18H18FN3OS/c19-14-9-7-13(8-10-14)17(23)21-18(24)22-12-4-2-6-16(22)15-5-1-3-11-20-15/h1,3,5,7-11,16H,2,4,6,12H2,(H,21,23,24). The zero-order valence-electron chi connectivity index (χ0n) is 13.1. The van der Waals surface area contributed by atoms with Crippen molar-refractivity contribution in [1.82, 2.24) is 15.2 Å². The summed E-state index contributed by atoms with van der Waals surface area (Å²) in [5, 5.41) is 3.14. The van der Waals surface area contributed by atoms with Crippen molar-refractivity contribution in [2.75, 3.05) is 6.54 Å². The summed E-state index contributed by atoms with van der Waals surface area (Å²) >= 11 is 5.45. The molecule has 0 spiro atoms. The third-order valence-corrected chi connectivity index (χ3v) is 4.46. The lowest BCUT2D eigenvalue weighted by atomic mass is 9.99. The normalized spacial score (nSPS) is 17.4. The van der Waals surface area contributed by atoms with Crippen LogP contribution in [0.5, 0.6) is 0 Å². The topological polar surface area (TPSA) is 45.2 Å². The predicted molar refractivity (Wildman–Crippen MR) is 94.0 cm³/mol. The molecule has 1 fully saturated rings. The third-order valence-electron chi connectivity index (χ3n) is 4.12. The summed E-state index contributed by atoms with van der Waals surface area (Å²) in [6.07, 6.45) is 4.84. The zero-order valence-corrected chi connectivity index (χ0v) is 13.9. The minimum absolute atomic E-state index is 0.0703. The number of halogens is 1. The highest BCUT2D eigenvalue weighted by molar-refractivity contribution is 7.80. The molecule has 6 heteroatoms. The summed E-state index contributed by atoms with van der Waals surface area (Å²) in [4.78, 5) is 18.7. The quantitative estimate of drug-likeness (QED) is 0.848. The van der Waals surface area contributed by atoms with Gasteiger partial charge < -0.3 is 4.90 Å². The van der Waals surface area contributed by atoms with Gasteiger partial charge in [-0.05, 0) is 67.9 Å². The van der Waals surface area contributed by atoms with Gasteiger partial charge in [0, 0.05) is 18.3 Å². The fourth-order valence-electron chi connectivity index (χ4n) is 2.90. The van der Waals surface area contributed by atoms with E-state index in [1.807, 2.05) is 23.1 Å². The molecule has 1 aromatic heterocycles. The largest absolute Gasteiger partial charge is 0.340 e. The van der Waals surface area contributed by atoms with Gasteiger partial charge in [0.1, 0.15) is 5.82 Å². The Morgan fingerprint density at radius 1 is 1.21 bits per heavy atom. The molecule has 24 heavy (non-hydrogen) atoms. The van der Waals surface area contributed by atoms with Crippen molar-refractivity contribution in [3.63, 3.8) is 0 Å². The van der Waals surface area contributed by atoms with Crippen molar-refractivity contribution in [2.45, 2.75) is 25.3 Å². The van der Waals surface area contributed by atoms with Crippen LogP contribution in [0.1, 0.15) is 41.4 Å². The smallest absolute Gasteiger partial charge is 0.257 e. The number of benzene rings is 1. The van der Waals surface area contributed by atoms with Crippen LogP contribution < -0.4 is 5.32 Å². The van der Waals surface area contributed by atoms with Gasteiger partial charge in [0.15, 0.2) is 5.11 Å². The van der Waals surface area contributed by atoms with Gasteiger partial charge in [-0.15, -0.1) is 0 Å². The molecular weight excluding hydrogens is 325 g/mol. The number of amides is 1. The van der Waals surface area contributed by atoms with Crippen LogP contribution in [-0.2, 0) is 0 Å². The first-order valence-corrected chi connectivity index (χ1v) is 8.34. The average molecular weight is 343 g/mol. The number of hydrogen-bond acceptors (Lipinski definition) is 3. The van der Waals surface area contributed by atoms with Gasteiger partial charge in [0.2, 0.25) is 0 Å². The first-order valence-electron chi connectivity index (χ1n) is 7.93. The van der Waals surface area contributed by atoms with Crippen molar-refractivity contribution in [3.05, 3.63) is 65.7 Å². The van der Waals surface area contributed by atoms with Crippen molar-refractivity contribution in [3.8, 4) is 0 Å². The van der Waals surface area contributed by atoms with E-state index in [0.717, 1.165) is 31.5 Å². The highest BCUT2D eigenvalue weighted by Crippen LogP contribution is 2.29. The second kappa shape index (κ2) is 7.49. The number of likely N-dealkylation sites (tertiary alicyclic amines) is 1. The summed E-state index contributed by atoms with van der Waals surface area (Å²) in [6, 6.07) is 11.3. The van der Waals surface area contributed by atoms with E-state index in [1.54, 1.807) is 6.20 Å². The molecule has 2 heterocycles. The number of aromatic nitrogens is 1.